The van der Waals surface area contributed by atoms with Crippen molar-refractivity contribution in [3.8, 4) is 0 Å². The number of esters is 1. The Labute approximate surface area is 198 Å². The number of carbonyl (C=O) groups excluding carboxylic acids is 1. The van der Waals surface area contributed by atoms with Crippen LogP contribution in [0.5, 0.6) is 0 Å². The van der Waals surface area contributed by atoms with E-state index in [2.05, 4.69) is 20.7 Å². The molecule has 2 heterocycles. The molecule has 0 amide bonds. The van der Waals surface area contributed by atoms with Crippen molar-refractivity contribution in [1.82, 2.24) is 14.8 Å². The number of nitrogens with zero attached hydrogens (tertiary/aromatic N) is 3. The molecule has 32 heavy (non-hydrogen) atoms. The highest BCUT2D eigenvalue weighted by Crippen LogP contribution is 2.38. The molecule has 0 spiro atoms. The van der Waals surface area contributed by atoms with Gasteiger partial charge in [-0.2, -0.15) is 0 Å². The third-order valence-electron chi connectivity index (χ3n) is 4.99. The van der Waals surface area contributed by atoms with Gasteiger partial charge in [0.1, 0.15) is 17.1 Å². The van der Waals surface area contributed by atoms with E-state index in [1.807, 2.05) is 0 Å². The van der Waals surface area contributed by atoms with Gasteiger partial charge in [0.15, 0.2) is 5.11 Å². The lowest BCUT2D eigenvalue weighted by Gasteiger charge is -2.12. The number of halogens is 2. The van der Waals surface area contributed by atoms with Gasteiger partial charge in [0.25, 0.3) is 0 Å². The molecule has 1 aliphatic rings. The Balaban J connectivity index is 1.45. The first-order valence-corrected chi connectivity index (χ1v) is 11.8. The average molecular weight is 494 g/mol. The van der Waals surface area contributed by atoms with Crippen LogP contribution in [0.4, 0.5) is 15.3 Å². The van der Waals surface area contributed by atoms with Crippen LogP contribution in [0.2, 0.25) is 5.02 Å². The summed E-state index contributed by atoms with van der Waals surface area (Å²) >= 11 is 13.0. The van der Waals surface area contributed by atoms with Gasteiger partial charge in [-0.15, -0.1) is 16.4 Å². The van der Waals surface area contributed by atoms with Gasteiger partial charge in [-0.3, -0.25) is 5.32 Å². The number of hydrogen-bond donors (Lipinski definition) is 2. The van der Waals surface area contributed by atoms with Crippen LogP contribution in [-0.2, 0) is 24.1 Å². The van der Waals surface area contributed by atoms with E-state index in [0.717, 1.165) is 31.2 Å². The van der Waals surface area contributed by atoms with Gasteiger partial charge in [-0.1, -0.05) is 17.7 Å². The lowest BCUT2D eigenvalue weighted by molar-refractivity contribution is 0.0526. The van der Waals surface area contributed by atoms with Crippen LogP contribution in [-0.4, -0.2) is 32.5 Å². The second kappa shape index (κ2) is 9.93. The molecule has 2 aromatic heterocycles. The molecule has 168 valence electrons. The van der Waals surface area contributed by atoms with Crippen molar-refractivity contribution in [2.45, 2.75) is 39.2 Å². The molecule has 0 atom stereocenters. The first-order chi connectivity index (χ1) is 15.4. The Morgan fingerprint density at radius 2 is 2.16 bits per heavy atom. The normalized spacial score (nSPS) is 12.8. The summed E-state index contributed by atoms with van der Waals surface area (Å²) in [6.07, 6.45) is 5.50. The quantitative estimate of drug-likeness (QED) is 0.367. The lowest BCUT2D eigenvalue weighted by Crippen LogP contribution is -2.21. The van der Waals surface area contributed by atoms with Gasteiger partial charge in [0, 0.05) is 9.90 Å². The molecule has 11 heteroatoms. The molecular weight excluding hydrogens is 473 g/mol. The number of fused-ring (bicyclic) bond motifs is 1. The van der Waals surface area contributed by atoms with Crippen molar-refractivity contribution in [1.29, 1.82) is 0 Å². The minimum Gasteiger partial charge on any atom is -0.462 e. The van der Waals surface area contributed by atoms with E-state index in [9.17, 15) is 9.18 Å². The van der Waals surface area contributed by atoms with Crippen molar-refractivity contribution in [3.05, 3.63) is 56.9 Å². The van der Waals surface area contributed by atoms with Gasteiger partial charge in [0.05, 0.1) is 18.7 Å². The van der Waals surface area contributed by atoms with E-state index in [0.29, 0.717) is 40.3 Å². The number of aromatic nitrogens is 3. The van der Waals surface area contributed by atoms with E-state index in [-0.39, 0.29) is 11.1 Å². The first kappa shape index (κ1) is 22.6. The summed E-state index contributed by atoms with van der Waals surface area (Å²) in [5.41, 5.74) is 2.34. The van der Waals surface area contributed by atoms with Gasteiger partial charge >= 0.3 is 5.97 Å². The summed E-state index contributed by atoms with van der Waals surface area (Å²) in [6, 6.07) is 4.21. The van der Waals surface area contributed by atoms with E-state index >= 15 is 0 Å². The Morgan fingerprint density at radius 3 is 2.94 bits per heavy atom. The minimum absolute atomic E-state index is 0.270. The zero-order chi connectivity index (χ0) is 22.7. The third kappa shape index (κ3) is 5.08. The van der Waals surface area contributed by atoms with Crippen molar-refractivity contribution >= 4 is 57.2 Å². The Bertz CT molecular complexity index is 1160. The molecule has 0 saturated heterocycles. The fourth-order valence-electron chi connectivity index (χ4n) is 3.56. The molecule has 0 unspecified atom stereocenters. The smallest absolute Gasteiger partial charge is 0.341 e. The van der Waals surface area contributed by atoms with Crippen LogP contribution in [0.3, 0.4) is 0 Å². The number of aryl methyl sites for hydroxylation is 1. The topological polar surface area (TPSA) is 81.1 Å². The SMILES string of the molecule is CCOC(=O)c1c(NC(=S)Nc2ncn(Cc3ccc(F)cc3Cl)n2)sc2c1CCCC2. The van der Waals surface area contributed by atoms with Crippen molar-refractivity contribution in [3.63, 3.8) is 0 Å². The second-order valence-electron chi connectivity index (χ2n) is 7.22. The Kier molecular flexibility index (Phi) is 7.02. The largest absolute Gasteiger partial charge is 0.462 e. The molecule has 7 nitrogen and oxygen atoms in total. The Morgan fingerprint density at radius 1 is 1.34 bits per heavy atom. The van der Waals surface area contributed by atoms with Crippen LogP contribution in [0, 0.1) is 5.82 Å². The maximum Gasteiger partial charge on any atom is 0.341 e. The summed E-state index contributed by atoms with van der Waals surface area (Å²) in [7, 11) is 0. The number of anilines is 2. The summed E-state index contributed by atoms with van der Waals surface area (Å²) in [4.78, 5) is 18.0. The molecule has 4 rings (SSSR count). The fourth-order valence-corrected chi connectivity index (χ4v) is 5.33. The summed E-state index contributed by atoms with van der Waals surface area (Å²) in [5, 5.41) is 11.6. The van der Waals surface area contributed by atoms with Crippen LogP contribution in [0.25, 0.3) is 0 Å². The van der Waals surface area contributed by atoms with Crippen LogP contribution in [0.15, 0.2) is 24.5 Å². The molecular formula is C21H21ClFN5O2S2. The molecule has 0 fully saturated rings. The Hall–Kier alpha value is -2.56. The number of hydrogen-bond acceptors (Lipinski definition) is 6. The maximum absolute atomic E-state index is 13.2. The van der Waals surface area contributed by atoms with Gasteiger partial charge < -0.3 is 10.1 Å². The first-order valence-electron chi connectivity index (χ1n) is 10.2. The maximum atomic E-state index is 13.2. The second-order valence-corrected chi connectivity index (χ2v) is 9.14. The third-order valence-corrected chi connectivity index (χ3v) is 6.75. The number of benzene rings is 1. The fraction of sp³-hybridized carbons (Fsp3) is 0.333. The van der Waals surface area contributed by atoms with Gasteiger partial charge in [0.2, 0.25) is 5.95 Å². The summed E-state index contributed by atoms with van der Waals surface area (Å²) in [6.45, 7) is 2.43. The van der Waals surface area contributed by atoms with Gasteiger partial charge in [-0.25, -0.2) is 18.9 Å². The van der Waals surface area contributed by atoms with Crippen molar-refractivity contribution < 1.29 is 13.9 Å². The lowest BCUT2D eigenvalue weighted by atomic mass is 9.95. The molecule has 0 saturated carbocycles. The van der Waals surface area contributed by atoms with E-state index in [4.69, 9.17) is 28.6 Å². The summed E-state index contributed by atoms with van der Waals surface area (Å²) in [5.74, 6) is -0.441. The van der Waals surface area contributed by atoms with E-state index in [1.165, 1.54) is 34.7 Å². The minimum atomic E-state index is -0.395. The number of rotatable bonds is 6. The molecule has 1 aromatic carbocycles. The van der Waals surface area contributed by atoms with Crippen LogP contribution >= 0.6 is 35.2 Å². The number of nitrogens with one attached hydrogen (secondary N) is 2. The molecule has 2 N–H and O–H groups in total. The highest BCUT2D eigenvalue weighted by Gasteiger charge is 2.26. The number of carbonyl (C=O) groups is 1. The predicted octanol–water partition coefficient (Wildman–Crippen LogP) is 5.04. The molecule has 3 aromatic rings. The van der Waals surface area contributed by atoms with E-state index in [1.54, 1.807) is 17.7 Å². The predicted molar refractivity (Wildman–Crippen MR) is 127 cm³/mol. The number of ether oxygens (including phenoxy) is 1. The highest BCUT2D eigenvalue weighted by atomic mass is 35.5. The highest BCUT2D eigenvalue weighted by molar-refractivity contribution is 7.80. The molecule has 1 aliphatic carbocycles. The zero-order valence-corrected chi connectivity index (χ0v) is 19.7. The van der Waals surface area contributed by atoms with Crippen LogP contribution < -0.4 is 10.6 Å². The zero-order valence-electron chi connectivity index (χ0n) is 17.3. The molecule has 0 aliphatic heterocycles. The summed E-state index contributed by atoms with van der Waals surface area (Å²) < 4.78 is 20.1. The van der Waals surface area contributed by atoms with E-state index < -0.39 is 5.82 Å². The van der Waals surface area contributed by atoms with Crippen molar-refractivity contribution in [2.24, 2.45) is 0 Å². The standard InChI is InChI=1S/C21H21ClFN5O2S2/c1-2-30-19(29)17-14-5-3-4-6-16(14)32-18(17)25-21(31)26-20-24-11-28(27-20)10-12-7-8-13(23)9-15(12)22/h7-9,11H,2-6,10H2,1H3,(H2,25,26,27,31). The van der Waals surface area contributed by atoms with Crippen LogP contribution in [0.1, 0.15) is 46.1 Å². The molecule has 0 bridgehead atoms. The number of thiocarbonyl (C=S) groups is 1. The average Bonchev–Trinajstić information content (AvgIpc) is 3.33. The van der Waals surface area contributed by atoms with Gasteiger partial charge in [-0.05, 0) is 68.1 Å². The molecule has 0 radical (unpaired) electrons. The monoisotopic (exact) mass is 493 g/mol. The van der Waals surface area contributed by atoms with Crippen molar-refractivity contribution in [2.75, 3.05) is 17.2 Å². The number of thiophene rings is 1.